The monoisotopic (exact) mass is 389 g/mol. The first-order chi connectivity index (χ1) is 12.5. The van der Waals surface area contributed by atoms with Crippen LogP contribution >= 0.6 is 23.4 Å². The number of nitrogens with zero attached hydrogens (tertiary/aromatic N) is 1. The Morgan fingerprint density at radius 2 is 2.04 bits per heavy atom. The van der Waals surface area contributed by atoms with Crippen molar-refractivity contribution < 1.29 is 14.4 Å². The maximum atomic E-state index is 12.4. The first kappa shape index (κ1) is 18.8. The van der Waals surface area contributed by atoms with Crippen molar-refractivity contribution in [3.8, 4) is 5.75 Å². The van der Waals surface area contributed by atoms with Crippen LogP contribution in [0, 0.1) is 6.92 Å². The number of benzene rings is 2. The number of aryl methyl sites for hydroxylation is 2. The fourth-order valence-electron chi connectivity index (χ4n) is 3.03. The summed E-state index contributed by atoms with van der Waals surface area (Å²) in [6.07, 6.45) is 4.62. The third kappa shape index (κ3) is 3.89. The van der Waals surface area contributed by atoms with E-state index in [9.17, 15) is 4.79 Å². The number of ether oxygens (including phenoxy) is 1. The number of hydrogen-bond acceptors (Lipinski definition) is 5. The fraction of sp³-hybridized carbons (Fsp3) is 0.300. The van der Waals surface area contributed by atoms with Gasteiger partial charge in [0.25, 0.3) is 0 Å². The lowest BCUT2D eigenvalue weighted by atomic mass is 9.88. The number of carbonyl (C=O) groups is 1. The Bertz CT molecular complexity index is 880. The van der Waals surface area contributed by atoms with E-state index in [1.807, 2.05) is 31.4 Å². The van der Waals surface area contributed by atoms with Crippen molar-refractivity contribution in [3.63, 3.8) is 0 Å². The molecule has 0 unspecified atom stereocenters. The number of oxime groups is 1. The van der Waals surface area contributed by atoms with Gasteiger partial charge in [-0.15, -0.1) is 11.8 Å². The second-order valence-electron chi connectivity index (χ2n) is 6.10. The van der Waals surface area contributed by atoms with E-state index in [-0.39, 0.29) is 0 Å². The van der Waals surface area contributed by atoms with E-state index in [1.54, 1.807) is 19.2 Å². The molecule has 0 bridgehead atoms. The number of hydrogen-bond donors (Lipinski definition) is 0. The van der Waals surface area contributed by atoms with Crippen LogP contribution in [0.1, 0.15) is 39.9 Å². The van der Waals surface area contributed by atoms with E-state index in [4.69, 9.17) is 21.2 Å². The Balaban J connectivity index is 1.86. The zero-order chi connectivity index (χ0) is 18.7. The molecule has 0 spiro atoms. The van der Waals surface area contributed by atoms with Gasteiger partial charge < -0.3 is 9.57 Å². The molecule has 0 N–H and O–H groups in total. The van der Waals surface area contributed by atoms with Crippen LogP contribution in [0.25, 0.3) is 0 Å². The van der Waals surface area contributed by atoms with Crippen LogP contribution in [0.2, 0.25) is 5.02 Å². The molecule has 0 fully saturated rings. The van der Waals surface area contributed by atoms with Crippen LogP contribution in [0.5, 0.6) is 5.75 Å². The SMILES string of the molecule is COc1cc2c(cc1C)C(=NOC(=O)c1cc(SC)ccc1Cl)CCC2. The molecule has 1 aliphatic rings. The first-order valence-electron chi connectivity index (χ1n) is 8.33. The molecule has 2 aromatic carbocycles. The molecule has 0 atom stereocenters. The summed E-state index contributed by atoms with van der Waals surface area (Å²) in [5.74, 6) is 0.318. The topological polar surface area (TPSA) is 47.9 Å². The maximum Gasteiger partial charge on any atom is 0.367 e. The average Bonchev–Trinajstić information content (AvgIpc) is 2.66. The van der Waals surface area contributed by atoms with Crippen molar-refractivity contribution in [1.82, 2.24) is 0 Å². The standard InChI is InChI=1S/C20H20ClNO3S/c1-12-9-15-13(10-19(12)24-2)5-4-6-18(15)22-25-20(23)16-11-14(26-3)7-8-17(16)21/h7-11H,4-6H2,1-3H3. The lowest BCUT2D eigenvalue weighted by molar-refractivity contribution is 0.0515. The predicted molar refractivity (Wildman–Crippen MR) is 106 cm³/mol. The third-order valence-electron chi connectivity index (χ3n) is 4.42. The van der Waals surface area contributed by atoms with E-state index >= 15 is 0 Å². The van der Waals surface area contributed by atoms with E-state index < -0.39 is 5.97 Å². The van der Waals surface area contributed by atoms with Gasteiger partial charge in [0.2, 0.25) is 0 Å². The third-order valence-corrected chi connectivity index (χ3v) is 5.48. The average molecular weight is 390 g/mol. The van der Waals surface area contributed by atoms with Gasteiger partial charge >= 0.3 is 5.97 Å². The van der Waals surface area contributed by atoms with Gasteiger partial charge in [-0.2, -0.15) is 0 Å². The Labute approximate surface area is 162 Å². The number of halogens is 1. The van der Waals surface area contributed by atoms with Crippen LogP contribution in [0.15, 0.2) is 40.4 Å². The Morgan fingerprint density at radius 1 is 1.23 bits per heavy atom. The summed E-state index contributed by atoms with van der Waals surface area (Å²) < 4.78 is 5.40. The molecule has 0 aliphatic heterocycles. The van der Waals surface area contributed by atoms with Crippen molar-refractivity contribution in [2.24, 2.45) is 5.16 Å². The molecule has 0 aromatic heterocycles. The molecule has 6 heteroatoms. The highest BCUT2D eigenvalue weighted by molar-refractivity contribution is 7.98. The van der Waals surface area contributed by atoms with Crippen LogP contribution in [0.4, 0.5) is 0 Å². The molecule has 0 saturated heterocycles. The quantitative estimate of drug-likeness (QED) is 0.405. The minimum absolute atomic E-state index is 0.324. The van der Waals surface area contributed by atoms with E-state index in [0.717, 1.165) is 52.3 Å². The summed E-state index contributed by atoms with van der Waals surface area (Å²) in [6, 6.07) is 9.37. The summed E-state index contributed by atoms with van der Waals surface area (Å²) >= 11 is 7.67. The van der Waals surface area contributed by atoms with Crippen LogP contribution < -0.4 is 4.74 Å². The summed E-state index contributed by atoms with van der Waals surface area (Å²) in [7, 11) is 1.67. The highest BCUT2D eigenvalue weighted by atomic mass is 35.5. The molecule has 1 aliphatic carbocycles. The Hall–Kier alpha value is -1.98. The molecule has 0 radical (unpaired) electrons. The minimum atomic E-state index is -0.546. The highest BCUT2D eigenvalue weighted by Gasteiger charge is 2.20. The molecular formula is C20H20ClNO3S. The van der Waals surface area contributed by atoms with E-state index in [1.165, 1.54) is 11.8 Å². The fourth-order valence-corrected chi connectivity index (χ4v) is 3.67. The second-order valence-corrected chi connectivity index (χ2v) is 7.38. The van der Waals surface area contributed by atoms with E-state index in [2.05, 4.69) is 5.16 Å². The lowest BCUT2D eigenvalue weighted by Crippen LogP contribution is -2.14. The van der Waals surface area contributed by atoms with Crippen LogP contribution in [-0.4, -0.2) is 25.0 Å². The van der Waals surface area contributed by atoms with Gasteiger partial charge in [-0.05, 0) is 73.9 Å². The van der Waals surface area contributed by atoms with Crippen LogP contribution in [0.3, 0.4) is 0 Å². The zero-order valence-corrected chi connectivity index (χ0v) is 16.5. The molecule has 0 heterocycles. The van der Waals surface area contributed by atoms with Gasteiger partial charge in [0.05, 0.1) is 23.4 Å². The lowest BCUT2D eigenvalue weighted by Gasteiger charge is -2.19. The van der Waals surface area contributed by atoms with Crippen molar-refractivity contribution in [2.45, 2.75) is 31.1 Å². The first-order valence-corrected chi connectivity index (χ1v) is 9.93. The molecule has 4 nitrogen and oxygen atoms in total. The number of fused-ring (bicyclic) bond motifs is 1. The van der Waals surface area contributed by atoms with Crippen LogP contribution in [-0.2, 0) is 11.3 Å². The van der Waals surface area contributed by atoms with Gasteiger partial charge in [-0.25, -0.2) is 4.79 Å². The number of thioether (sulfide) groups is 1. The molecular weight excluding hydrogens is 370 g/mol. The largest absolute Gasteiger partial charge is 0.496 e. The predicted octanol–water partition coefficient (Wildman–Crippen LogP) is 5.28. The van der Waals surface area contributed by atoms with E-state index in [0.29, 0.717) is 10.6 Å². The maximum absolute atomic E-state index is 12.4. The molecule has 2 aromatic rings. The minimum Gasteiger partial charge on any atom is -0.496 e. The van der Waals surface area contributed by atoms with Gasteiger partial charge in [0, 0.05) is 10.5 Å². The van der Waals surface area contributed by atoms with Gasteiger partial charge in [0.15, 0.2) is 0 Å². The Kier molecular flexibility index (Phi) is 5.89. The van der Waals surface area contributed by atoms with Gasteiger partial charge in [-0.3, -0.25) is 0 Å². The van der Waals surface area contributed by atoms with Crippen molar-refractivity contribution >= 4 is 35.0 Å². The van der Waals surface area contributed by atoms with Crippen molar-refractivity contribution in [1.29, 1.82) is 0 Å². The zero-order valence-electron chi connectivity index (χ0n) is 15.0. The molecule has 26 heavy (non-hydrogen) atoms. The highest BCUT2D eigenvalue weighted by Crippen LogP contribution is 2.29. The summed E-state index contributed by atoms with van der Waals surface area (Å²) in [6.45, 7) is 1.99. The summed E-state index contributed by atoms with van der Waals surface area (Å²) in [5.41, 5.74) is 4.32. The molecule has 3 rings (SSSR count). The Morgan fingerprint density at radius 3 is 2.77 bits per heavy atom. The molecule has 136 valence electrons. The number of methoxy groups -OCH3 is 1. The normalized spacial score (nSPS) is 14.8. The number of carbonyl (C=O) groups excluding carboxylic acids is 1. The second kappa shape index (κ2) is 8.14. The summed E-state index contributed by atoms with van der Waals surface area (Å²) in [4.78, 5) is 18.6. The van der Waals surface area contributed by atoms with Crippen molar-refractivity contribution in [3.05, 3.63) is 57.6 Å². The summed E-state index contributed by atoms with van der Waals surface area (Å²) in [5, 5.41) is 4.51. The number of rotatable bonds is 4. The molecule has 0 saturated carbocycles. The van der Waals surface area contributed by atoms with Gasteiger partial charge in [-0.1, -0.05) is 16.8 Å². The molecule has 0 amide bonds. The smallest absolute Gasteiger partial charge is 0.367 e. The van der Waals surface area contributed by atoms with Gasteiger partial charge in [0.1, 0.15) is 5.75 Å². The van der Waals surface area contributed by atoms with Crippen molar-refractivity contribution in [2.75, 3.05) is 13.4 Å².